The van der Waals surface area contributed by atoms with Crippen molar-refractivity contribution in [2.24, 2.45) is 0 Å². The summed E-state index contributed by atoms with van der Waals surface area (Å²) in [6, 6.07) is 11.3. The Hall–Kier alpha value is -1.36. The molecule has 0 amide bonds. The first-order chi connectivity index (χ1) is 12.6. The smallest absolute Gasteiger partial charge is 0.115 e. The van der Waals surface area contributed by atoms with Crippen molar-refractivity contribution in [1.82, 2.24) is 9.80 Å². The number of phenolic OH excluding ortho intramolecular Hbond substituents is 1. The van der Waals surface area contributed by atoms with Gasteiger partial charge in [-0.2, -0.15) is 11.3 Å². The Bertz CT molecular complexity index is 673. The molecule has 4 heteroatoms. The van der Waals surface area contributed by atoms with Crippen LogP contribution in [0.15, 0.2) is 41.1 Å². The molecule has 2 aromatic rings. The normalized spacial score (nSPS) is 23.2. The fraction of sp³-hybridized carbons (Fsp3) is 0.545. The lowest BCUT2D eigenvalue weighted by Gasteiger charge is -2.47. The highest BCUT2D eigenvalue weighted by atomic mass is 32.1. The van der Waals surface area contributed by atoms with Crippen molar-refractivity contribution < 1.29 is 5.11 Å². The SMILES string of the molecule is CCCCCN1C[C@H](C)N([C@H](c2ccsc2)c2cccc(O)c2)C[C@H]1C. The standard InChI is InChI=1S/C22H32N2OS/c1-4-5-6-11-23-14-18(3)24(15-17(23)2)22(20-10-12-26-16-20)19-8-7-9-21(25)13-19/h7-10,12-13,16-18,22,25H,4-6,11,14-15H2,1-3H3/t17-,18+,22+/m1/s1. The fourth-order valence-corrected chi connectivity index (χ4v) is 4.84. The number of piperazine rings is 1. The van der Waals surface area contributed by atoms with Gasteiger partial charge in [0, 0.05) is 25.2 Å². The van der Waals surface area contributed by atoms with E-state index in [2.05, 4.69) is 53.5 Å². The minimum atomic E-state index is 0.212. The maximum atomic E-state index is 10.0. The Balaban J connectivity index is 1.81. The number of phenols is 1. The lowest BCUT2D eigenvalue weighted by Crippen LogP contribution is -2.57. The average Bonchev–Trinajstić information content (AvgIpc) is 3.13. The zero-order chi connectivity index (χ0) is 18.5. The summed E-state index contributed by atoms with van der Waals surface area (Å²) in [6.45, 7) is 10.4. The number of benzene rings is 1. The summed E-state index contributed by atoms with van der Waals surface area (Å²) in [4.78, 5) is 5.28. The van der Waals surface area contributed by atoms with Crippen molar-refractivity contribution in [2.75, 3.05) is 19.6 Å². The van der Waals surface area contributed by atoms with Gasteiger partial charge in [-0.3, -0.25) is 9.80 Å². The van der Waals surface area contributed by atoms with Crippen LogP contribution in [0.1, 0.15) is 57.2 Å². The van der Waals surface area contributed by atoms with E-state index in [0.29, 0.717) is 17.8 Å². The molecule has 0 radical (unpaired) electrons. The van der Waals surface area contributed by atoms with Crippen LogP contribution in [0.25, 0.3) is 0 Å². The van der Waals surface area contributed by atoms with Crippen LogP contribution in [0.2, 0.25) is 0 Å². The zero-order valence-corrected chi connectivity index (χ0v) is 17.1. The summed E-state index contributed by atoms with van der Waals surface area (Å²) >= 11 is 1.75. The van der Waals surface area contributed by atoms with Crippen LogP contribution >= 0.6 is 11.3 Å². The van der Waals surface area contributed by atoms with E-state index in [1.54, 1.807) is 17.4 Å². The third-order valence-electron chi connectivity index (χ3n) is 5.59. The minimum absolute atomic E-state index is 0.212. The van der Waals surface area contributed by atoms with E-state index < -0.39 is 0 Å². The van der Waals surface area contributed by atoms with Crippen LogP contribution in [0.4, 0.5) is 0 Å². The molecule has 0 saturated carbocycles. The molecular formula is C22H32N2OS. The van der Waals surface area contributed by atoms with Gasteiger partial charge in [0.25, 0.3) is 0 Å². The molecule has 1 aromatic carbocycles. The largest absolute Gasteiger partial charge is 0.508 e. The number of nitrogens with zero attached hydrogens (tertiary/aromatic N) is 2. The first-order valence-electron chi connectivity index (χ1n) is 9.91. The first kappa shape index (κ1) is 19.4. The van der Waals surface area contributed by atoms with Crippen LogP contribution in [-0.2, 0) is 0 Å². The van der Waals surface area contributed by atoms with E-state index in [1.807, 2.05) is 12.1 Å². The van der Waals surface area contributed by atoms with E-state index >= 15 is 0 Å². The number of thiophene rings is 1. The van der Waals surface area contributed by atoms with E-state index in [9.17, 15) is 5.11 Å². The second-order valence-electron chi connectivity index (χ2n) is 7.65. The van der Waals surface area contributed by atoms with Gasteiger partial charge < -0.3 is 5.11 Å². The molecule has 1 fully saturated rings. The predicted molar refractivity (Wildman–Crippen MR) is 111 cm³/mol. The highest BCUT2D eigenvalue weighted by Gasteiger charge is 2.34. The van der Waals surface area contributed by atoms with Gasteiger partial charge in [0.2, 0.25) is 0 Å². The molecule has 1 saturated heterocycles. The summed E-state index contributed by atoms with van der Waals surface area (Å²) in [5, 5.41) is 14.4. The van der Waals surface area contributed by atoms with Crippen molar-refractivity contribution >= 4 is 11.3 Å². The molecule has 26 heavy (non-hydrogen) atoms. The topological polar surface area (TPSA) is 26.7 Å². The number of unbranched alkanes of at least 4 members (excludes halogenated alkanes) is 2. The third kappa shape index (κ3) is 4.48. The fourth-order valence-electron chi connectivity index (χ4n) is 4.16. The third-order valence-corrected chi connectivity index (χ3v) is 6.29. The van der Waals surface area contributed by atoms with Gasteiger partial charge in [0.15, 0.2) is 0 Å². The van der Waals surface area contributed by atoms with Gasteiger partial charge in [0.1, 0.15) is 5.75 Å². The maximum absolute atomic E-state index is 10.0. The van der Waals surface area contributed by atoms with E-state index in [0.717, 1.165) is 13.1 Å². The van der Waals surface area contributed by atoms with Gasteiger partial charge in [-0.25, -0.2) is 0 Å². The van der Waals surface area contributed by atoms with E-state index in [1.165, 1.54) is 36.9 Å². The Morgan fingerprint density at radius 3 is 2.65 bits per heavy atom. The Morgan fingerprint density at radius 1 is 1.12 bits per heavy atom. The second kappa shape index (κ2) is 9.03. The number of hydrogen-bond donors (Lipinski definition) is 1. The van der Waals surface area contributed by atoms with Gasteiger partial charge >= 0.3 is 0 Å². The molecule has 2 heterocycles. The van der Waals surface area contributed by atoms with Gasteiger partial charge in [-0.1, -0.05) is 31.9 Å². The maximum Gasteiger partial charge on any atom is 0.115 e. The monoisotopic (exact) mass is 372 g/mol. The molecule has 0 aliphatic carbocycles. The van der Waals surface area contributed by atoms with Gasteiger partial charge in [-0.05, 0) is 66.9 Å². The van der Waals surface area contributed by atoms with Gasteiger partial charge in [-0.15, -0.1) is 0 Å². The number of rotatable bonds is 7. The van der Waals surface area contributed by atoms with E-state index in [4.69, 9.17) is 0 Å². The summed E-state index contributed by atoms with van der Waals surface area (Å²) in [5.74, 6) is 0.349. The molecule has 0 unspecified atom stereocenters. The molecule has 1 aromatic heterocycles. The van der Waals surface area contributed by atoms with Crippen molar-refractivity contribution in [2.45, 2.75) is 58.2 Å². The number of hydrogen-bond acceptors (Lipinski definition) is 4. The van der Waals surface area contributed by atoms with Crippen molar-refractivity contribution in [3.8, 4) is 5.75 Å². The molecule has 3 rings (SSSR count). The second-order valence-corrected chi connectivity index (χ2v) is 8.43. The molecule has 1 aliphatic rings. The number of aromatic hydroxyl groups is 1. The van der Waals surface area contributed by atoms with Crippen LogP contribution in [0.3, 0.4) is 0 Å². The van der Waals surface area contributed by atoms with Crippen LogP contribution < -0.4 is 0 Å². The Kier molecular flexibility index (Phi) is 6.74. The van der Waals surface area contributed by atoms with Crippen LogP contribution in [0, 0.1) is 0 Å². The Morgan fingerprint density at radius 2 is 1.96 bits per heavy atom. The van der Waals surface area contributed by atoms with Crippen molar-refractivity contribution in [1.29, 1.82) is 0 Å². The van der Waals surface area contributed by atoms with Crippen LogP contribution in [0.5, 0.6) is 5.75 Å². The van der Waals surface area contributed by atoms with E-state index in [-0.39, 0.29) is 6.04 Å². The van der Waals surface area contributed by atoms with Crippen molar-refractivity contribution in [3.05, 3.63) is 52.2 Å². The van der Waals surface area contributed by atoms with Crippen molar-refractivity contribution in [3.63, 3.8) is 0 Å². The molecule has 0 bridgehead atoms. The molecule has 3 atom stereocenters. The average molecular weight is 373 g/mol. The highest BCUT2D eigenvalue weighted by molar-refractivity contribution is 7.08. The Labute approximate surface area is 162 Å². The molecule has 3 nitrogen and oxygen atoms in total. The predicted octanol–water partition coefficient (Wildman–Crippen LogP) is 5.13. The van der Waals surface area contributed by atoms with Gasteiger partial charge in [0.05, 0.1) is 6.04 Å². The lowest BCUT2D eigenvalue weighted by atomic mass is 9.95. The summed E-state index contributed by atoms with van der Waals surface area (Å²) in [6.07, 6.45) is 3.90. The molecule has 142 valence electrons. The molecule has 1 aliphatic heterocycles. The molecule has 0 spiro atoms. The van der Waals surface area contributed by atoms with Crippen LogP contribution in [-0.4, -0.2) is 46.6 Å². The lowest BCUT2D eigenvalue weighted by molar-refractivity contribution is 0.0233. The minimum Gasteiger partial charge on any atom is -0.508 e. The molecular weight excluding hydrogens is 340 g/mol. The highest BCUT2D eigenvalue weighted by Crippen LogP contribution is 2.35. The quantitative estimate of drug-likeness (QED) is 0.683. The summed E-state index contributed by atoms with van der Waals surface area (Å²) < 4.78 is 0. The first-order valence-corrected chi connectivity index (χ1v) is 10.8. The summed E-state index contributed by atoms with van der Waals surface area (Å²) in [5.41, 5.74) is 2.51. The zero-order valence-electron chi connectivity index (χ0n) is 16.3. The summed E-state index contributed by atoms with van der Waals surface area (Å²) in [7, 11) is 0. The molecule has 1 N–H and O–H groups in total.